The molecule has 3 rings (SSSR count). The van der Waals surface area contributed by atoms with E-state index in [1.165, 1.54) is 30.2 Å². The molecule has 0 spiro atoms. The number of nitrogens with zero attached hydrogens (tertiary/aromatic N) is 3. The van der Waals surface area contributed by atoms with Crippen LogP contribution >= 0.6 is 34.4 Å². The number of ether oxygens (including phenoxy) is 1. The van der Waals surface area contributed by atoms with Crippen LogP contribution in [0.4, 0.5) is 5.00 Å². The van der Waals surface area contributed by atoms with E-state index in [2.05, 4.69) is 29.4 Å². The summed E-state index contributed by atoms with van der Waals surface area (Å²) in [7, 11) is 1.33. The van der Waals surface area contributed by atoms with Gasteiger partial charge in [0.05, 0.1) is 23.3 Å². The lowest BCUT2D eigenvalue weighted by molar-refractivity contribution is -0.113. The van der Waals surface area contributed by atoms with Crippen molar-refractivity contribution < 1.29 is 14.3 Å². The molecule has 0 unspecified atom stereocenters. The number of thiophene rings is 2. The second-order valence-electron chi connectivity index (χ2n) is 6.38. The van der Waals surface area contributed by atoms with Gasteiger partial charge in [0.25, 0.3) is 0 Å². The van der Waals surface area contributed by atoms with Crippen LogP contribution in [-0.2, 0) is 16.0 Å². The number of hydrogen-bond acceptors (Lipinski definition) is 8. The molecule has 3 heterocycles. The fraction of sp³-hybridized carbons (Fsp3) is 0.368. The maximum Gasteiger partial charge on any atom is 0.340 e. The molecule has 29 heavy (non-hydrogen) atoms. The molecule has 154 valence electrons. The number of esters is 1. The third-order valence-electron chi connectivity index (χ3n) is 4.04. The number of nitrogens with one attached hydrogen (secondary N) is 1. The molecule has 1 N–H and O–H groups in total. The van der Waals surface area contributed by atoms with Crippen molar-refractivity contribution in [1.29, 1.82) is 0 Å². The van der Waals surface area contributed by atoms with Gasteiger partial charge >= 0.3 is 5.97 Å². The average Bonchev–Trinajstić information content (AvgIpc) is 3.44. The molecule has 10 heteroatoms. The predicted octanol–water partition coefficient (Wildman–Crippen LogP) is 4.73. The summed E-state index contributed by atoms with van der Waals surface area (Å²) < 4.78 is 6.85. The zero-order chi connectivity index (χ0) is 21.0. The Morgan fingerprint density at radius 1 is 1.34 bits per heavy atom. The molecular weight excluding hydrogens is 428 g/mol. The summed E-state index contributed by atoms with van der Waals surface area (Å²) in [6, 6.07) is 5.90. The highest BCUT2D eigenvalue weighted by atomic mass is 32.2. The molecule has 0 atom stereocenters. The topological polar surface area (TPSA) is 86.1 Å². The summed E-state index contributed by atoms with van der Waals surface area (Å²) in [6.07, 6.45) is 0.780. The van der Waals surface area contributed by atoms with Crippen molar-refractivity contribution in [2.24, 2.45) is 0 Å². The Morgan fingerprint density at radius 3 is 2.76 bits per heavy atom. The van der Waals surface area contributed by atoms with Crippen molar-refractivity contribution in [3.8, 4) is 10.7 Å². The van der Waals surface area contributed by atoms with Gasteiger partial charge in [-0.05, 0) is 37.8 Å². The third-order valence-corrected chi connectivity index (χ3v) is 7.05. The van der Waals surface area contributed by atoms with Gasteiger partial charge < -0.3 is 10.1 Å². The second-order valence-corrected chi connectivity index (χ2v) is 9.41. The molecule has 0 saturated heterocycles. The van der Waals surface area contributed by atoms with E-state index in [4.69, 9.17) is 4.74 Å². The molecule has 1 amide bonds. The van der Waals surface area contributed by atoms with Crippen LogP contribution in [-0.4, -0.2) is 39.5 Å². The van der Waals surface area contributed by atoms with Crippen LogP contribution in [0.2, 0.25) is 0 Å². The molecule has 0 bridgehead atoms. The molecule has 7 nitrogen and oxygen atoms in total. The molecule has 0 saturated carbocycles. The van der Waals surface area contributed by atoms with Gasteiger partial charge in [-0.25, -0.2) is 4.79 Å². The zero-order valence-electron chi connectivity index (χ0n) is 16.6. The second kappa shape index (κ2) is 9.55. The Morgan fingerprint density at radius 2 is 2.14 bits per heavy atom. The maximum absolute atomic E-state index is 12.5. The first kappa shape index (κ1) is 21.5. The maximum atomic E-state index is 12.5. The van der Waals surface area contributed by atoms with Gasteiger partial charge in [-0.1, -0.05) is 24.8 Å². The molecule has 0 aromatic carbocycles. The van der Waals surface area contributed by atoms with E-state index in [1.807, 2.05) is 29.0 Å². The van der Waals surface area contributed by atoms with Crippen molar-refractivity contribution in [3.05, 3.63) is 34.0 Å². The Labute approximate surface area is 181 Å². The Hall–Kier alpha value is -2.17. The number of thioether (sulfide) groups is 1. The third kappa shape index (κ3) is 4.88. The fourth-order valence-electron chi connectivity index (χ4n) is 2.68. The van der Waals surface area contributed by atoms with Gasteiger partial charge in [-0.15, -0.1) is 32.9 Å². The van der Waals surface area contributed by atoms with Crippen LogP contribution in [0.25, 0.3) is 10.7 Å². The van der Waals surface area contributed by atoms with Gasteiger partial charge in [0.1, 0.15) is 5.00 Å². The van der Waals surface area contributed by atoms with E-state index in [0.29, 0.717) is 15.7 Å². The Balaban J connectivity index is 1.72. The number of aryl methyl sites for hydroxylation is 1. The van der Waals surface area contributed by atoms with Gasteiger partial charge in [0, 0.05) is 10.9 Å². The van der Waals surface area contributed by atoms with E-state index in [0.717, 1.165) is 22.0 Å². The molecular formula is C19H22N4O3S3. The Kier molecular flexibility index (Phi) is 7.09. The number of anilines is 1. The number of rotatable bonds is 8. The highest BCUT2D eigenvalue weighted by Crippen LogP contribution is 2.31. The first-order valence-corrected chi connectivity index (χ1v) is 11.7. The molecule has 0 aliphatic heterocycles. The highest BCUT2D eigenvalue weighted by Gasteiger charge is 2.21. The van der Waals surface area contributed by atoms with Crippen molar-refractivity contribution in [2.45, 2.75) is 38.4 Å². The minimum Gasteiger partial charge on any atom is -0.465 e. The van der Waals surface area contributed by atoms with Crippen molar-refractivity contribution >= 4 is 51.3 Å². The summed E-state index contributed by atoms with van der Waals surface area (Å²) in [5.41, 5.74) is 0.387. The van der Waals surface area contributed by atoms with Gasteiger partial charge in [-0.2, -0.15) is 0 Å². The number of methoxy groups -OCH3 is 1. The van der Waals surface area contributed by atoms with E-state index in [-0.39, 0.29) is 17.7 Å². The average molecular weight is 451 g/mol. The van der Waals surface area contributed by atoms with Crippen LogP contribution in [0.15, 0.2) is 28.7 Å². The molecule has 3 aromatic rings. The molecule has 0 aliphatic rings. The van der Waals surface area contributed by atoms with Crippen molar-refractivity contribution in [2.75, 3.05) is 18.2 Å². The minimum atomic E-state index is -0.455. The van der Waals surface area contributed by atoms with Gasteiger partial charge in [0.2, 0.25) is 5.91 Å². The molecule has 3 aromatic heterocycles. The van der Waals surface area contributed by atoms with Crippen LogP contribution in [0.3, 0.4) is 0 Å². The first-order chi connectivity index (χ1) is 13.9. The fourth-order valence-corrected chi connectivity index (χ4v) is 5.25. The highest BCUT2D eigenvalue weighted by molar-refractivity contribution is 7.99. The van der Waals surface area contributed by atoms with E-state index in [1.54, 1.807) is 17.4 Å². The SMILES string of the molecule is CCc1cc(C(=O)OC)c(NC(=O)CSc2nnc(-c3cccs3)n2C(C)C)s1. The minimum absolute atomic E-state index is 0.156. The number of aromatic nitrogens is 3. The quantitative estimate of drug-likeness (QED) is 0.394. The predicted molar refractivity (Wildman–Crippen MR) is 118 cm³/mol. The monoisotopic (exact) mass is 450 g/mol. The number of carbonyl (C=O) groups excluding carboxylic acids is 2. The molecule has 0 fully saturated rings. The van der Waals surface area contributed by atoms with E-state index in [9.17, 15) is 9.59 Å². The summed E-state index contributed by atoms with van der Waals surface area (Å²) in [5.74, 6) is 0.302. The largest absolute Gasteiger partial charge is 0.465 e. The lowest BCUT2D eigenvalue weighted by atomic mass is 10.2. The normalized spacial score (nSPS) is 11.1. The van der Waals surface area contributed by atoms with E-state index < -0.39 is 5.97 Å². The van der Waals surface area contributed by atoms with Crippen LogP contribution < -0.4 is 5.32 Å². The summed E-state index contributed by atoms with van der Waals surface area (Å²) in [6.45, 7) is 6.12. The lowest BCUT2D eigenvalue weighted by Crippen LogP contribution is -2.16. The number of amides is 1. The number of hydrogen-bond donors (Lipinski definition) is 1. The van der Waals surface area contributed by atoms with Gasteiger partial charge in [0.15, 0.2) is 11.0 Å². The summed E-state index contributed by atoms with van der Waals surface area (Å²) in [5, 5.41) is 14.6. The van der Waals surface area contributed by atoms with E-state index >= 15 is 0 Å². The van der Waals surface area contributed by atoms with Crippen LogP contribution in [0.1, 0.15) is 42.0 Å². The molecule has 0 aliphatic carbocycles. The first-order valence-electron chi connectivity index (χ1n) is 9.07. The Bertz CT molecular complexity index is 993. The van der Waals surface area contributed by atoms with Crippen molar-refractivity contribution in [3.63, 3.8) is 0 Å². The van der Waals surface area contributed by atoms with Crippen LogP contribution in [0, 0.1) is 0 Å². The van der Waals surface area contributed by atoms with Crippen LogP contribution in [0.5, 0.6) is 0 Å². The van der Waals surface area contributed by atoms with Crippen molar-refractivity contribution in [1.82, 2.24) is 14.8 Å². The number of carbonyl (C=O) groups is 2. The lowest BCUT2D eigenvalue weighted by Gasteiger charge is -2.12. The molecule has 0 radical (unpaired) electrons. The summed E-state index contributed by atoms with van der Waals surface area (Å²) >= 11 is 4.32. The zero-order valence-corrected chi connectivity index (χ0v) is 19.0. The van der Waals surface area contributed by atoms with Gasteiger partial charge in [-0.3, -0.25) is 9.36 Å². The summed E-state index contributed by atoms with van der Waals surface area (Å²) in [4.78, 5) is 26.5. The smallest absolute Gasteiger partial charge is 0.340 e. The standard InChI is InChI=1S/C19H22N4O3S3/c1-5-12-9-13(18(25)26-4)17(29-12)20-15(24)10-28-19-22-21-16(23(19)11(2)3)14-7-6-8-27-14/h6-9,11H,5,10H2,1-4H3,(H,20,24).